The fourth-order valence-corrected chi connectivity index (χ4v) is 5.03. The molecule has 0 unspecified atom stereocenters. The molecule has 3 amide bonds. The van der Waals surface area contributed by atoms with Gasteiger partial charge >= 0.3 is 24.1 Å². The summed E-state index contributed by atoms with van der Waals surface area (Å²) in [5.41, 5.74) is 10.3. The summed E-state index contributed by atoms with van der Waals surface area (Å²) in [6.45, 7) is 0.0381. The Morgan fingerprint density at radius 1 is 0.949 bits per heavy atom. The number of aliphatic carboxylic acids is 2. The van der Waals surface area contributed by atoms with E-state index in [4.69, 9.17) is 9.84 Å². The molecular weight excluding hydrogens is 504 g/mol. The first-order valence-corrected chi connectivity index (χ1v) is 12.8. The zero-order valence-corrected chi connectivity index (χ0v) is 21.3. The van der Waals surface area contributed by atoms with Crippen molar-refractivity contribution in [2.24, 2.45) is 5.92 Å². The van der Waals surface area contributed by atoms with Crippen LogP contribution in [0.5, 0.6) is 0 Å². The maximum Gasteiger partial charge on any atom is 0.407 e. The molecule has 6 N–H and O–H groups in total. The molecule has 0 spiro atoms. The molecular formula is C28H32N4O7. The van der Waals surface area contributed by atoms with Crippen LogP contribution in [0.1, 0.15) is 49.1 Å². The summed E-state index contributed by atoms with van der Waals surface area (Å²) >= 11 is 0. The molecule has 2 aromatic carbocycles. The summed E-state index contributed by atoms with van der Waals surface area (Å²) in [6, 6.07) is 14.5. The van der Waals surface area contributed by atoms with Crippen LogP contribution < -0.4 is 21.5 Å². The third-order valence-electron chi connectivity index (χ3n) is 7.02. The molecule has 0 aliphatic heterocycles. The number of hydrogen-bond acceptors (Lipinski definition) is 6. The van der Waals surface area contributed by atoms with Crippen LogP contribution in [0.25, 0.3) is 11.1 Å². The van der Waals surface area contributed by atoms with Crippen LogP contribution in [0.15, 0.2) is 60.3 Å². The summed E-state index contributed by atoms with van der Waals surface area (Å²) < 4.78 is 5.49. The second kappa shape index (κ2) is 12.9. The molecule has 1 fully saturated rings. The van der Waals surface area contributed by atoms with Gasteiger partial charge in [-0.15, -0.1) is 0 Å². The van der Waals surface area contributed by atoms with Crippen LogP contribution in [0.2, 0.25) is 0 Å². The number of nitrogens with one attached hydrogen (secondary N) is 4. The highest BCUT2D eigenvalue weighted by molar-refractivity contribution is 5.79. The number of fused-ring (bicyclic) bond motifs is 3. The number of ether oxygens (including phenoxy) is 1. The maximum absolute atomic E-state index is 12.6. The van der Waals surface area contributed by atoms with Crippen LogP contribution in [-0.4, -0.2) is 53.5 Å². The van der Waals surface area contributed by atoms with Crippen molar-refractivity contribution in [2.45, 2.75) is 44.1 Å². The van der Waals surface area contributed by atoms with Gasteiger partial charge in [-0.05, 0) is 47.9 Å². The van der Waals surface area contributed by atoms with Crippen molar-refractivity contribution in [1.82, 2.24) is 21.5 Å². The van der Waals surface area contributed by atoms with E-state index in [9.17, 15) is 24.3 Å². The number of amides is 3. The highest BCUT2D eigenvalue weighted by Gasteiger charge is 2.29. The topological polar surface area (TPSA) is 166 Å². The monoisotopic (exact) mass is 536 g/mol. The second-order valence-corrected chi connectivity index (χ2v) is 9.66. The maximum atomic E-state index is 12.6. The molecule has 2 aliphatic carbocycles. The third-order valence-corrected chi connectivity index (χ3v) is 7.02. The Balaban J connectivity index is 1.23. The number of carboxylic acids is 2. The Kier molecular flexibility index (Phi) is 9.16. The van der Waals surface area contributed by atoms with Crippen molar-refractivity contribution < 1.29 is 34.1 Å². The van der Waals surface area contributed by atoms with Gasteiger partial charge in [-0.25, -0.2) is 15.0 Å². The van der Waals surface area contributed by atoms with Crippen molar-refractivity contribution in [3.8, 4) is 11.1 Å². The number of hydrazine groups is 1. The van der Waals surface area contributed by atoms with E-state index in [1.54, 1.807) is 6.20 Å². The Morgan fingerprint density at radius 3 is 2.15 bits per heavy atom. The molecule has 4 rings (SSSR count). The lowest BCUT2D eigenvalue weighted by atomic mass is 9.86. The van der Waals surface area contributed by atoms with E-state index in [0.29, 0.717) is 25.7 Å². The van der Waals surface area contributed by atoms with Crippen molar-refractivity contribution in [1.29, 1.82) is 0 Å². The minimum Gasteiger partial charge on any atom is -0.481 e. The summed E-state index contributed by atoms with van der Waals surface area (Å²) in [5.74, 6) is -2.40. The van der Waals surface area contributed by atoms with Crippen LogP contribution in [0.3, 0.4) is 0 Å². The minimum atomic E-state index is -1.12. The first-order chi connectivity index (χ1) is 18.8. The molecule has 1 saturated carbocycles. The van der Waals surface area contributed by atoms with Gasteiger partial charge in [-0.1, -0.05) is 54.1 Å². The number of urea groups is 1. The van der Waals surface area contributed by atoms with E-state index in [0.717, 1.165) is 27.8 Å². The number of alkyl carbamates (subject to hydrolysis) is 1. The lowest BCUT2D eigenvalue weighted by Gasteiger charge is -2.20. The van der Waals surface area contributed by atoms with Gasteiger partial charge in [0.25, 0.3) is 0 Å². The summed E-state index contributed by atoms with van der Waals surface area (Å²) in [5, 5.41) is 23.4. The standard InChI is InChI=1S/C28H32N4O7/c33-25(34)13-19(15-30-32-27(37)29-14-17-9-11-18(12-10-17)26(35)36)31-28(38)39-16-24-22-7-3-1-5-20(22)21-6-2-4-8-23(21)24/h1-8,14,18-19,24,30H,9-13,15-16H2,(H,31,38)(H,33,34)(H,35,36)(H2,29,32,37)/t18?,19-/m0/s1. The molecule has 11 heteroatoms. The number of carboxylic acid groups (broad SMARTS) is 2. The van der Waals surface area contributed by atoms with E-state index in [2.05, 4.69) is 21.5 Å². The van der Waals surface area contributed by atoms with Gasteiger partial charge < -0.3 is 25.6 Å². The van der Waals surface area contributed by atoms with Crippen LogP contribution >= 0.6 is 0 Å². The van der Waals surface area contributed by atoms with Crippen LogP contribution in [-0.2, 0) is 14.3 Å². The van der Waals surface area contributed by atoms with Crippen molar-refractivity contribution >= 4 is 24.1 Å². The Morgan fingerprint density at radius 2 is 1.56 bits per heavy atom. The van der Waals surface area contributed by atoms with E-state index in [1.165, 1.54) is 0 Å². The SMILES string of the molecule is O=C(O)C[C@@H](CNNC(=O)NC=C1CCC(C(=O)O)CC1)NC(=O)OCC1c2ccccc2-c2ccccc21. The predicted molar refractivity (Wildman–Crippen MR) is 142 cm³/mol. The average molecular weight is 537 g/mol. The van der Waals surface area contributed by atoms with Crippen LogP contribution in [0.4, 0.5) is 9.59 Å². The third kappa shape index (κ3) is 7.35. The molecule has 0 saturated heterocycles. The Labute approximate surface area is 225 Å². The van der Waals surface area contributed by atoms with Crippen molar-refractivity contribution in [2.75, 3.05) is 13.2 Å². The zero-order chi connectivity index (χ0) is 27.8. The zero-order valence-electron chi connectivity index (χ0n) is 21.3. The number of allylic oxidation sites excluding steroid dienone is 1. The average Bonchev–Trinajstić information content (AvgIpc) is 3.24. The lowest BCUT2D eigenvalue weighted by molar-refractivity contribution is -0.142. The normalized spacial score (nSPS) is 16.8. The largest absolute Gasteiger partial charge is 0.481 e. The molecule has 0 aromatic heterocycles. The van der Waals surface area contributed by atoms with Gasteiger partial charge in [0.15, 0.2) is 0 Å². The number of hydrogen-bond donors (Lipinski definition) is 6. The van der Waals surface area contributed by atoms with Gasteiger partial charge in [0.05, 0.1) is 18.4 Å². The number of carbonyl (C=O) groups is 4. The second-order valence-electron chi connectivity index (χ2n) is 9.66. The summed E-state index contributed by atoms with van der Waals surface area (Å²) in [6.07, 6.45) is 2.66. The fraction of sp³-hybridized carbons (Fsp3) is 0.357. The fourth-order valence-electron chi connectivity index (χ4n) is 5.03. The van der Waals surface area contributed by atoms with Gasteiger partial charge in [0, 0.05) is 18.7 Å². The van der Waals surface area contributed by atoms with Gasteiger partial charge in [-0.2, -0.15) is 0 Å². The smallest absolute Gasteiger partial charge is 0.407 e. The van der Waals surface area contributed by atoms with Gasteiger partial charge in [0.2, 0.25) is 0 Å². The summed E-state index contributed by atoms with van der Waals surface area (Å²) in [4.78, 5) is 47.0. The van der Waals surface area contributed by atoms with Gasteiger partial charge in [-0.3, -0.25) is 15.0 Å². The first-order valence-electron chi connectivity index (χ1n) is 12.8. The van der Waals surface area contributed by atoms with Crippen molar-refractivity contribution in [3.05, 3.63) is 71.4 Å². The molecule has 39 heavy (non-hydrogen) atoms. The molecule has 0 radical (unpaired) electrons. The molecule has 11 nitrogen and oxygen atoms in total. The Hall–Kier alpha value is -4.38. The van der Waals surface area contributed by atoms with E-state index in [-0.39, 0.29) is 31.4 Å². The minimum absolute atomic E-state index is 0.0548. The molecule has 206 valence electrons. The molecule has 0 heterocycles. The van der Waals surface area contributed by atoms with E-state index in [1.807, 2.05) is 48.5 Å². The molecule has 0 bridgehead atoms. The van der Waals surface area contributed by atoms with Crippen molar-refractivity contribution in [3.63, 3.8) is 0 Å². The van der Waals surface area contributed by atoms with E-state index < -0.39 is 30.1 Å². The highest BCUT2D eigenvalue weighted by Crippen LogP contribution is 2.44. The Bertz CT molecular complexity index is 1210. The van der Waals surface area contributed by atoms with Crippen LogP contribution in [0, 0.1) is 5.92 Å². The first kappa shape index (κ1) is 27.6. The molecule has 2 aliphatic rings. The number of benzene rings is 2. The lowest BCUT2D eigenvalue weighted by Crippen LogP contribution is -2.50. The van der Waals surface area contributed by atoms with Gasteiger partial charge in [0.1, 0.15) is 6.61 Å². The molecule has 1 atom stereocenters. The molecule has 2 aromatic rings. The summed E-state index contributed by atoms with van der Waals surface area (Å²) in [7, 11) is 0. The number of rotatable bonds is 10. The van der Waals surface area contributed by atoms with E-state index >= 15 is 0 Å². The quantitative estimate of drug-likeness (QED) is 0.252. The highest BCUT2D eigenvalue weighted by atomic mass is 16.5. The number of carbonyl (C=O) groups excluding carboxylic acids is 2. The predicted octanol–water partition coefficient (Wildman–Crippen LogP) is 3.33.